The zero-order chi connectivity index (χ0) is 21.9. The van der Waals surface area contributed by atoms with Gasteiger partial charge in [-0.15, -0.1) is 0 Å². The number of fused-ring (bicyclic) bond motifs is 1. The molecule has 0 radical (unpaired) electrons. The first-order valence-corrected chi connectivity index (χ1v) is 10.8. The third kappa shape index (κ3) is 4.29. The summed E-state index contributed by atoms with van der Waals surface area (Å²) in [5, 5.41) is 0. The smallest absolute Gasteiger partial charge is 0.164 e. The number of aryl methyl sites for hydroxylation is 1. The molecule has 162 valence electrons. The van der Waals surface area contributed by atoms with Gasteiger partial charge in [0.1, 0.15) is 17.5 Å². The van der Waals surface area contributed by atoms with Crippen molar-refractivity contribution in [1.29, 1.82) is 0 Å². The molecule has 6 nitrogen and oxygen atoms in total. The van der Waals surface area contributed by atoms with Gasteiger partial charge in [-0.2, -0.15) is 0 Å². The molecule has 1 aliphatic carbocycles. The molecule has 0 spiro atoms. The van der Waals surface area contributed by atoms with E-state index in [1.54, 1.807) is 30.6 Å². The molecule has 1 saturated heterocycles. The fourth-order valence-corrected chi connectivity index (χ4v) is 4.14. The highest BCUT2D eigenvalue weighted by molar-refractivity contribution is 5.95. The molecule has 0 saturated carbocycles. The fraction of sp³-hybridized carbons (Fsp3) is 0.280. The van der Waals surface area contributed by atoms with E-state index in [2.05, 4.69) is 9.88 Å². The van der Waals surface area contributed by atoms with Crippen LogP contribution in [0.15, 0.2) is 48.8 Å². The topological polar surface area (TPSA) is 68.2 Å². The van der Waals surface area contributed by atoms with Crippen LogP contribution < -0.4 is 4.90 Å². The van der Waals surface area contributed by atoms with Crippen LogP contribution in [0.5, 0.6) is 0 Å². The zero-order valence-corrected chi connectivity index (χ0v) is 17.6. The summed E-state index contributed by atoms with van der Waals surface area (Å²) < 4.78 is 19.8. The maximum atomic E-state index is 14.4. The van der Waals surface area contributed by atoms with Crippen LogP contribution in [0.25, 0.3) is 17.3 Å². The van der Waals surface area contributed by atoms with Crippen molar-refractivity contribution in [3.05, 3.63) is 77.1 Å². The number of allylic oxidation sites excluding steroid dienone is 1. The van der Waals surface area contributed by atoms with E-state index < -0.39 is 0 Å². The lowest BCUT2D eigenvalue weighted by atomic mass is 10.00. The largest absolute Gasteiger partial charge is 0.378 e. The quantitative estimate of drug-likeness (QED) is 0.553. The Balaban J connectivity index is 1.50. The Morgan fingerprint density at radius 3 is 2.84 bits per heavy atom. The lowest BCUT2D eigenvalue weighted by molar-refractivity contribution is 0.0982. The highest BCUT2D eigenvalue weighted by Crippen LogP contribution is 2.33. The summed E-state index contributed by atoms with van der Waals surface area (Å²) in [6.45, 7) is 2.72. The predicted molar refractivity (Wildman–Crippen MR) is 120 cm³/mol. The van der Waals surface area contributed by atoms with E-state index in [4.69, 9.17) is 14.7 Å². The first kappa shape index (κ1) is 20.5. The summed E-state index contributed by atoms with van der Waals surface area (Å²) >= 11 is 0. The minimum absolute atomic E-state index is 0.00499. The number of pyridine rings is 1. The number of carbonyl (C=O) groups is 1. The van der Waals surface area contributed by atoms with Crippen molar-refractivity contribution in [2.75, 3.05) is 31.2 Å². The molecule has 7 heteroatoms. The lowest BCUT2D eigenvalue weighted by Gasteiger charge is -2.28. The van der Waals surface area contributed by atoms with Gasteiger partial charge < -0.3 is 9.64 Å². The van der Waals surface area contributed by atoms with Gasteiger partial charge in [0, 0.05) is 55.5 Å². The highest BCUT2D eigenvalue weighted by Gasteiger charge is 2.20. The number of aromatic nitrogens is 3. The minimum Gasteiger partial charge on any atom is -0.378 e. The second-order valence-electron chi connectivity index (χ2n) is 7.92. The molecule has 2 aliphatic rings. The van der Waals surface area contributed by atoms with E-state index in [-0.39, 0.29) is 18.0 Å². The van der Waals surface area contributed by atoms with E-state index in [0.29, 0.717) is 43.1 Å². The Morgan fingerprint density at radius 2 is 2.03 bits per heavy atom. The van der Waals surface area contributed by atoms with Gasteiger partial charge in [-0.1, -0.05) is 12.2 Å². The van der Waals surface area contributed by atoms with Crippen LogP contribution in [0.2, 0.25) is 0 Å². The van der Waals surface area contributed by atoms with Crippen molar-refractivity contribution >= 4 is 17.7 Å². The molecule has 0 amide bonds. The van der Waals surface area contributed by atoms with Crippen molar-refractivity contribution in [3.8, 4) is 11.3 Å². The van der Waals surface area contributed by atoms with E-state index in [0.717, 1.165) is 35.6 Å². The van der Waals surface area contributed by atoms with E-state index in [9.17, 15) is 9.18 Å². The maximum Gasteiger partial charge on any atom is 0.164 e. The van der Waals surface area contributed by atoms with Crippen LogP contribution in [-0.2, 0) is 17.6 Å². The number of ether oxygens (including phenoxy) is 1. The van der Waals surface area contributed by atoms with E-state index >= 15 is 0 Å². The molecular weight excluding hydrogens is 407 g/mol. The SMILES string of the molecule is O=C(CCc1nc(-c2cc(F)cc3c2C=CC3)cc(N2CCOCC2)n1)c1cccnc1. The first-order valence-electron chi connectivity index (χ1n) is 10.8. The van der Waals surface area contributed by atoms with Gasteiger partial charge in [0.05, 0.1) is 18.9 Å². The van der Waals surface area contributed by atoms with Gasteiger partial charge in [-0.3, -0.25) is 9.78 Å². The van der Waals surface area contributed by atoms with Crippen molar-refractivity contribution < 1.29 is 13.9 Å². The maximum absolute atomic E-state index is 14.4. The van der Waals surface area contributed by atoms with E-state index in [1.807, 2.05) is 18.2 Å². The van der Waals surface area contributed by atoms with Crippen molar-refractivity contribution in [2.45, 2.75) is 19.3 Å². The molecule has 1 fully saturated rings. The molecule has 0 unspecified atom stereocenters. The molecule has 32 heavy (non-hydrogen) atoms. The second-order valence-corrected chi connectivity index (χ2v) is 7.92. The second kappa shape index (κ2) is 8.96. The Hall–Kier alpha value is -3.45. The summed E-state index contributed by atoms with van der Waals surface area (Å²) in [6.07, 6.45) is 8.65. The van der Waals surface area contributed by atoms with Crippen LogP contribution in [0.1, 0.15) is 33.7 Å². The Kier molecular flexibility index (Phi) is 5.73. The van der Waals surface area contributed by atoms with Crippen molar-refractivity contribution in [1.82, 2.24) is 15.0 Å². The van der Waals surface area contributed by atoms with Crippen LogP contribution in [0, 0.1) is 5.82 Å². The number of halogens is 1. The predicted octanol–water partition coefficient (Wildman–Crippen LogP) is 3.90. The van der Waals surface area contributed by atoms with Crippen molar-refractivity contribution in [3.63, 3.8) is 0 Å². The minimum atomic E-state index is -0.276. The monoisotopic (exact) mass is 430 g/mol. The van der Waals surface area contributed by atoms with Gasteiger partial charge in [0.15, 0.2) is 5.78 Å². The third-order valence-electron chi connectivity index (χ3n) is 5.78. The zero-order valence-electron chi connectivity index (χ0n) is 17.6. The van der Waals surface area contributed by atoms with Gasteiger partial charge in [-0.05, 0) is 41.8 Å². The van der Waals surface area contributed by atoms with Crippen LogP contribution in [0.3, 0.4) is 0 Å². The van der Waals surface area contributed by atoms with Gasteiger partial charge in [-0.25, -0.2) is 14.4 Å². The fourth-order valence-electron chi connectivity index (χ4n) is 4.14. The molecule has 0 N–H and O–H groups in total. The molecule has 1 aliphatic heterocycles. The molecule has 3 heterocycles. The number of anilines is 1. The Labute approximate surface area is 185 Å². The van der Waals surface area contributed by atoms with Crippen LogP contribution in [-0.4, -0.2) is 47.0 Å². The average molecular weight is 430 g/mol. The summed E-state index contributed by atoms with van der Waals surface area (Å²) in [5.74, 6) is 1.07. The number of rotatable bonds is 6. The molecule has 2 aromatic heterocycles. The highest BCUT2D eigenvalue weighted by atomic mass is 19.1. The number of nitrogens with zero attached hydrogens (tertiary/aromatic N) is 4. The first-order chi connectivity index (χ1) is 15.7. The third-order valence-corrected chi connectivity index (χ3v) is 5.78. The van der Waals surface area contributed by atoms with Gasteiger partial charge in [0.25, 0.3) is 0 Å². The number of ketones is 1. The molecule has 5 rings (SSSR count). The molecular formula is C25H23FN4O2. The molecule has 0 bridgehead atoms. The molecule has 1 aromatic carbocycles. The number of carbonyl (C=O) groups excluding carboxylic acids is 1. The summed E-state index contributed by atoms with van der Waals surface area (Å²) in [7, 11) is 0. The van der Waals surface area contributed by atoms with Gasteiger partial charge in [0.2, 0.25) is 0 Å². The standard InChI is InChI=1S/C25H23FN4O2/c26-19-13-17-3-1-5-20(17)21(14-19)22-15-25(30-9-11-32-12-10-30)29-24(28-22)7-6-23(31)18-4-2-8-27-16-18/h1-2,4-5,8,13-16H,3,6-7,9-12H2. The van der Waals surface area contributed by atoms with Gasteiger partial charge >= 0.3 is 0 Å². The Bertz CT molecular complexity index is 1170. The van der Waals surface area contributed by atoms with Crippen LogP contribution in [0.4, 0.5) is 10.2 Å². The number of hydrogen-bond donors (Lipinski definition) is 0. The number of hydrogen-bond acceptors (Lipinski definition) is 6. The van der Waals surface area contributed by atoms with Crippen molar-refractivity contribution in [2.24, 2.45) is 0 Å². The van der Waals surface area contributed by atoms with Crippen LogP contribution >= 0.6 is 0 Å². The average Bonchev–Trinajstić information content (AvgIpc) is 3.31. The van der Waals surface area contributed by atoms with E-state index in [1.165, 1.54) is 6.07 Å². The molecule has 0 atom stereocenters. The summed E-state index contributed by atoms with van der Waals surface area (Å²) in [5.41, 5.74) is 3.96. The number of morpholine rings is 1. The number of benzene rings is 1. The summed E-state index contributed by atoms with van der Waals surface area (Å²) in [6, 6.07) is 8.53. The lowest BCUT2D eigenvalue weighted by Crippen LogP contribution is -2.37. The Morgan fingerprint density at radius 1 is 1.16 bits per heavy atom. The normalized spacial score (nSPS) is 15.1. The molecule has 3 aromatic rings. The summed E-state index contributed by atoms with van der Waals surface area (Å²) in [4.78, 5) is 28.2. The number of Topliss-reactive ketones (excluding diaryl/α,β-unsaturated/α-hetero) is 1.